The van der Waals surface area contributed by atoms with E-state index in [9.17, 15) is 9.90 Å². The second-order valence-corrected chi connectivity index (χ2v) is 6.49. The zero-order valence-electron chi connectivity index (χ0n) is 12.7. The minimum Gasteiger partial charge on any atom is -0.480 e. The molecule has 114 valence electrons. The normalized spacial score (nSPS) is 20.1. The molecule has 0 aromatic heterocycles. The Hall–Kier alpha value is -1.49. The van der Waals surface area contributed by atoms with Crippen LogP contribution in [0.3, 0.4) is 0 Å². The summed E-state index contributed by atoms with van der Waals surface area (Å²) in [5.74, 6) is 0.721. The first-order valence-corrected chi connectivity index (χ1v) is 8.56. The van der Waals surface area contributed by atoms with Gasteiger partial charge in [-0.3, -0.25) is 4.99 Å². The van der Waals surface area contributed by atoms with Gasteiger partial charge in [0.25, 0.3) is 0 Å². The Balaban J connectivity index is 2.25. The smallest absolute Gasteiger partial charge is 0.326 e. The molecule has 0 amide bonds. The van der Waals surface area contributed by atoms with Gasteiger partial charge >= 0.3 is 5.97 Å². The highest BCUT2D eigenvalue weighted by Gasteiger charge is 2.28. The fraction of sp³-hybridized carbons (Fsp3) is 0.500. The van der Waals surface area contributed by atoms with E-state index < -0.39 is 12.0 Å². The summed E-state index contributed by atoms with van der Waals surface area (Å²) in [6.07, 6.45) is 2.89. The summed E-state index contributed by atoms with van der Waals surface area (Å²) in [4.78, 5) is 16.2. The van der Waals surface area contributed by atoms with Crippen molar-refractivity contribution in [1.82, 2.24) is 5.32 Å². The van der Waals surface area contributed by atoms with E-state index in [-0.39, 0.29) is 12.0 Å². The second-order valence-electron chi connectivity index (χ2n) is 5.58. The van der Waals surface area contributed by atoms with Crippen LogP contribution in [0.15, 0.2) is 29.3 Å². The van der Waals surface area contributed by atoms with Gasteiger partial charge in [0.2, 0.25) is 0 Å². The van der Waals surface area contributed by atoms with Gasteiger partial charge in [0.15, 0.2) is 0 Å². The molecule has 1 aromatic carbocycles. The lowest BCUT2D eigenvalue weighted by atomic mass is 9.96. The Morgan fingerprint density at radius 1 is 1.52 bits per heavy atom. The van der Waals surface area contributed by atoms with E-state index in [0.29, 0.717) is 5.84 Å². The van der Waals surface area contributed by atoms with Crippen LogP contribution >= 0.6 is 11.8 Å². The molecular formula is C16H22N2O2S. The standard InChI is InChI=1S/C16H22N2O2S/c1-10(9-21-3)14(16(19)20)18-15-13-7-5-4-6-12(13)8-11(2)17-15/h4-7,10-11,14H,8-9H2,1-3H3,(H,17,18)(H,19,20)/t10-,11-,14-/m0/s1. The van der Waals surface area contributed by atoms with E-state index >= 15 is 0 Å². The van der Waals surface area contributed by atoms with E-state index in [1.54, 1.807) is 11.8 Å². The Kier molecular flexibility index (Phi) is 5.28. The summed E-state index contributed by atoms with van der Waals surface area (Å²) >= 11 is 1.66. The average Bonchev–Trinajstić information content (AvgIpc) is 2.44. The number of carboxylic acids is 1. The summed E-state index contributed by atoms with van der Waals surface area (Å²) in [5, 5.41) is 12.7. The van der Waals surface area contributed by atoms with Gasteiger partial charge in [-0.2, -0.15) is 11.8 Å². The largest absolute Gasteiger partial charge is 0.480 e. The van der Waals surface area contributed by atoms with Crippen molar-refractivity contribution in [2.24, 2.45) is 10.9 Å². The number of nitrogens with zero attached hydrogens (tertiary/aromatic N) is 1. The third-order valence-corrected chi connectivity index (χ3v) is 4.55. The SMILES string of the molecule is CSC[C@H](C)[C@H](NC1=N[C@@H](C)Cc2ccccc21)C(=O)O. The molecule has 0 bridgehead atoms. The molecular weight excluding hydrogens is 284 g/mol. The van der Waals surface area contributed by atoms with Crippen LogP contribution in [0.4, 0.5) is 0 Å². The molecule has 0 saturated carbocycles. The van der Waals surface area contributed by atoms with Gasteiger partial charge in [0, 0.05) is 5.56 Å². The lowest BCUT2D eigenvalue weighted by Crippen LogP contribution is -2.47. The number of hydrogen-bond acceptors (Lipinski definition) is 4. The second kappa shape index (κ2) is 6.98. The van der Waals surface area contributed by atoms with E-state index in [4.69, 9.17) is 0 Å². The summed E-state index contributed by atoms with van der Waals surface area (Å²) in [6, 6.07) is 7.63. The van der Waals surface area contributed by atoms with Crippen LogP contribution in [0.25, 0.3) is 0 Å². The zero-order chi connectivity index (χ0) is 15.4. The van der Waals surface area contributed by atoms with Gasteiger partial charge in [-0.1, -0.05) is 31.2 Å². The topological polar surface area (TPSA) is 61.7 Å². The molecule has 0 unspecified atom stereocenters. The van der Waals surface area contributed by atoms with E-state index in [1.165, 1.54) is 5.56 Å². The van der Waals surface area contributed by atoms with Crippen LogP contribution in [0.2, 0.25) is 0 Å². The number of nitrogens with one attached hydrogen (secondary N) is 1. The molecule has 2 N–H and O–H groups in total. The molecule has 0 spiro atoms. The highest BCUT2D eigenvalue weighted by molar-refractivity contribution is 7.98. The Morgan fingerprint density at radius 3 is 2.90 bits per heavy atom. The molecule has 1 heterocycles. The summed E-state index contributed by atoms with van der Waals surface area (Å²) in [6.45, 7) is 4.01. The van der Waals surface area contributed by atoms with Crippen LogP contribution < -0.4 is 5.32 Å². The van der Waals surface area contributed by atoms with Crippen molar-refractivity contribution in [2.45, 2.75) is 32.4 Å². The third kappa shape index (κ3) is 3.79. The summed E-state index contributed by atoms with van der Waals surface area (Å²) < 4.78 is 0. The quantitative estimate of drug-likeness (QED) is 0.877. The van der Waals surface area contributed by atoms with Crippen LogP contribution in [0.5, 0.6) is 0 Å². The maximum absolute atomic E-state index is 11.6. The summed E-state index contributed by atoms with van der Waals surface area (Å²) in [5.41, 5.74) is 2.25. The molecule has 0 radical (unpaired) electrons. The number of thioether (sulfide) groups is 1. The fourth-order valence-electron chi connectivity index (χ4n) is 2.65. The number of fused-ring (bicyclic) bond motifs is 1. The third-order valence-electron chi connectivity index (χ3n) is 3.69. The Labute approximate surface area is 130 Å². The van der Waals surface area contributed by atoms with Crippen LogP contribution in [-0.4, -0.2) is 41.0 Å². The van der Waals surface area contributed by atoms with E-state index in [0.717, 1.165) is 17.7 Å². The number of amidine groups is 1. The van der Waals surface area contributed by atoms with E-state index in [2.05, 4.69) is 23.3 Å². The predicted octanol–water partition coefficient (Wildman–Crippen LogP) is 2.42. The summed E-state index contributed by atoms with van der Waals surface area (Å²) in [7, 11) is 0. The first kappa shape index (κ1) is 15.9. The molecule has 0 aliphatic carbocycles. The number of carbonyl (C=O) groups is 1. The van der Waals surface area contributed by atoms with Crippen LogP contribution in [0, 0.1) is 5.92 Å². The van der Waals surface area contributed by atoms with Crippen molar-refractivity contribution in [3.8, 4) is 0 Å². The maximum atomic E-state index is 11.6. The Morgan fingerprint density at radius 2 is 2.24 bits per heavy atom. The molecule has 1 aromatic rings. The fourth-order valence-corrected chi connectivity index (χ4v) is 3.37. The number of rotatable bonds is 5. The molecule has 1 aliphatic heterocycles. The van der Waals surface area contributed by atoms with Crippen LogP contribution in [0.1, 0.15) is 25.0 Å². The van der Waals surface area contributed by atoms with E-state index in [1.807, 2.05) is 31.4 Å². The number of carboxylic acid groups (broad SMARTS) is 1. The lowest BCUT2D eigenvalue weighted by Gasteiger charge is -2.27. The maximum Gasteiger partial charge on any atom is 0.326 e. The predicted molar refractivity (Wildman–Crippen MR) is 88.3 cm³/mol. The van der Waals surface area contributed by atoms with Gasteiger partial charge in [0.05, 0.1) is 6.04 Å². The van der Waals surface area contributed by atoms with Gasteiger partial charge in [-0.05, 0) is 36.8 Å². The molecule has 0 fully saturated rings. The first-order valence-electron chi connectivity index (χ1n) is 7.17. The molecule has 4 nitrogen and oxygen atoms in total. The molecule has 1 aliphatic rings. The minimum atomic E-state index is -0.824. The van der Waals surface area contributed by atoms with Gasteiger partial charge in [0.1, 0.15) is 11.9 Å². The lowest BCUT2D eigenvalue weighted by molar-refractivity contribution is -0.140. The monoisotopic (exact) mass is 306 g/mol. The molecule has 5 heteroatoms. The number of benzene rings is 1. The molecule has 2 rings (SSSR count). The highest BCUT2D eigenvalue weighted by Crippen LogP contribution is 2.20. The van der Waals surface area contributed by atoms with Gasteiger partial charge in [-0.25, -0.2) is 4.79 Å². The highest BCUT2D eigenvalue weighted by atomic mass is 32.2. The van der Waals surface area contributed by atoms with Crippen molar-refractivity contribution in [3.05, 3.63) is 35.4 Å². The number of hydrogen-bond donors (Lipinski definition) is 2. The molecule has 21 heavy (non-hydrogen) atoms. The number of aliphatic carboxylic acids is 1. The number of aliphatic imine (C=N–C) groups is 1. The van der Waals surface area contributed by atoms with Crippen LogP contribution in [-0.2, 0) is 11.2 Å². The van der Waals surface area contributed by atoms with Crippen molar-refractivity contribution in [1.29, 1.82) is 0 Å². The van der Waals surface area contributed by atoms with Crippen molar-refractivity contribution >= 4 is 23.6 Å². The van der Waals surface area contributed by atoms with Gasteiger partial charge < -0.3 is 10.4 Å². The molecule has 3 atom stereocenters. The zero-order valence-corrected chi connectivity index (χ0v) is 13.5. The van der Waals surface area contributed by atoms with Crippen molar-refractivity contribution in [2.75, 3.05) is 12.0 Å². The first-order chi connectivity index (χ1) is 10.0. The minimum absolute atomic E-state index is 0.0320. The van der Waals surface area contributed by atoms with Crippen molar-refractivity contribution in [3.63, 3.8) is 0 Å². The van der Waals surface area contributed by atoms with Crippen molar-refractivity contribution < 1.29 is 9.90 Å². The van der Waals surface area contributed by atoms with Gasteiger partial charge in [-0.15, -0.1) is 0 Å². The molecule has 0 saturated heterocycles. The Bertz CT molecular complexity index is 545. The average molecular weight is 306 g/mol.